The topological polar surface area (TPSA) is 82.7 Å². The monoisotopic (exact) mass is 511 g/mol. The number of hydrogen-bond acceptors (Lipinski definition) is 6. The molecule has 2 aromatic carbocycles. The molecule has 0 saturated carbocycles. The molecular weight excluding hydrogens is 478 g/mol. The minimum absolute atomic E-state index is 0.182. The van der Waals surface area contributed by atoms with Crippen molar-refractivity contribution in [2.75, 3.05) is 52.3 Å². The number of ether oxygens (including phenoxy) is 2. The minimum Gasteiger partial charge on any atom is -0.493 e. The van der Waals surface area contributed by atoms with Gasteiger partial charge in [-0.2, -0.15) is 0 Å². The van der Waals surface area contributed by atoms with Gasteiger partial charge in [0.15, 0.2) is 11.5 Å². The number of anilines is 1. The molecule has 0 aliphatic carbocycles. The summed E-state index contributed by atoms with van der Waals surface area (Å²) in [6.07, 6.45) is 7.13. The van der Waals surface area contributed by atoms with Crippen LogP contribution >= 0.6 is 0 Å². The van der Waals surface area contributed by atoms with Gasteiger partial charge < -0.3 is 29.6 Å². The molecule has 5 rings (SSSR count). The van der Waals surface area contributed by atoms with Gasteiger partial charge in [0.2, 0.25) is 5.91 Å². The molecule has 0 radical (unpaired) electrons. The number of carbonyl (C=O) groups excluding carboxylic acids is 1. The first-order valence-electron chi connectivity index (χ1n) is 12.7. The van der Waals surface area contributed by atoms with Gasteiger partial charge in [0.25, 0.3) is 0 Å². The number of aromatic nitrogens is 2. The largest absolute Gasteiger partial charge is 0.493 e. The normalized spacial score (nSPS) is 14.2. The van der Waals surface area contributed by atoms with E-state index in [0.29, 0.717) is 18.0 Å². The third-order valence-electron chi connectivity index (χ3n) is 6.94. The lowest BCUT2D eigenvalue weighted by Gasteiger charge is -2.34. The van der Waals surface area contributed by atoms with Crippen LogP contribution in [0.2, 0.25) is 0 Å². The van der Waals surface area contributed by atoms with Crippen LogP contribution < -0.4 is 19.7 Å². The van der Waals surface area contributed by atoms with Crippen molar-refractivity contribution in [1.29, 1.82) is 0 Å². The summed E-state index contributed by atoms with van der Waals surface area (Å²) in [6.45, 7) is 4.57. The Balaban J connectivity index is 1.29. The summed E-state index contributed by atoms with van der Waals surface area (Å²) in [7, 11) is 5.35. The number of nitrogens with zero attached hydrogens (tertiary/aromatic N) is 3. The van der Waals surface area contributed by atoms with E-state index in [2.05, 4.69) is 62.5 Å². The fraction of sp³-hybridized carbons (Fsp3) is 0.267. The fourth-order valence-corrected chi connectivity index (χ4v) is 4.67. The van der Waals surface area contributed by atoms with E-state index >= 15 is 0 Å². The van der Waals surface area contributed by atoms with Crippen molar-refractivity contribution in [2.45, 2.75) is 6.54 Å². The number of amides is 1. The van der Waals surface area contributed by atoms with E-state index in [1.54, 1.807) is 20.3 Å². The maximum absolute atomic E-state index is 12.5. The highest BCUT2D eigenvalue weighted by Gasteiger charge is 2.15. The van der Waals surface area contributed by atoms with Crippen molar-refractivity contribution >= 4 is 28.7 Å². The Kier molecular flexibility index (Phi) is 7.60. The van der Waals surface area contributed by atoms with Gasteiger partial charge in [0.05, 0.1) is 14.2 Å². The van der Waals surface area contributed by atoms with E-state index in [1.165, 1.54) is 5.69 Å². The number of aromatic amines is 1. The van der Waals surface area contributed by atoms with Crippen LogP contribution in [0, 0.1) is 0 Å². The first-order chi connectivity index (χ1) is 18.5. The predicted molar refractivity (Wildman–Crippen MR) is 152 cm³/mol. The standard InChI is InChI=1S/C30H33N5O3/c1-34-11-13-35(14-12-34)25-6-4-5-22(16-25)24-17-26-23(19-32-30(26)33-20-24)8-10-29(36)31-18-21-7-9-27(37-2)28(15-21)38-3/h4-10,15-17,19-20H,11-14,18H2,1-3H3,(H,31,36)(H,32,33)/b10-8+. The Labute approximate surface area is 222 Å². The molecule has 0 atom stereocenters. The van der Waals surface area contributed by atoms with Gasteiger partial charge in [-0.25, -0.2) is 4.98 Å². The van der Waals surface area contributed by atoms with Crippen molar-refractivity contribution in [1.82, 2.24) is 20.2 Å². The number of benzene rings is 2. The summed E-state index contributed by atoms with van der Waals surface area (Å²) >= 11 is 0. The van der Waals surface area contributed by atoms with Crippen LogP contribution in [0.15, 0.2) is 67.0 Å². The Bertz CT molecular complexity index is 1450. The third kappa shape index (κ3) is 5.65. The van der Waals surface area contributed by atoms with E-state index in [-0.39, 0.29) is 5.91 Å². The van der Waals surface area contributed by atoms with Crippen LogP contribution in [0.1, 0.15) is 11.1 Å². The molecule has 38 heavy (non-hydrogen) atoms. The highest BCUT2D eigenvalue weighted by Crippen LogP contribution is 2.29. The lowest BCUT2D eigenvalue weighted by Crippen LogP contribution is -2.44. The molecule has 1 aliphatic rings. The highest BCUT2D eigenvalue weighted by atomic mass is 16.5. The molecule has 3 heterocycles. The number of rotatable bonds is 8. The minimum atomic E-state index is -0.182. The van der Waals surface area contributed by atoms with Crippen molar-refractivity contribution in [3.63, 3.8) is 0 Å². The summed E-state index contributed by atoms with van der Waals surface area (Å²) < 4.78 is 10.6. The van der Waals surface area contributed by atoms with Gasteiger partial charge >= 0.3 is 0 Å². The molecule has 196 valence electrons. The predicted octanol–water partition coefficient (Wildman–Crippen LogP) is 4.33. The Morgan fingerprint density at radius 2 is 1.84 bits per heavy atom. The van der Waals surface area contributed by atoms with Crippen molar-refractivity contribution < 1.29 is 14.3 Å². The molecule has 0 unspecified atom stereocenters. The van der Waals surface area contributed by atoms with Crippen molar-refractivity contribution in [2.24, 2.45) is 0 Å². The van der Waals surface area contributed by atoms with E-state index in [9.17, 15) is 4.79 Å². The molecule has 1 fully saturated rings. The molecule has 1 aliphatic heterocycles. The Hall–Kier alpha value is -4.30. The number of piperazine rings is 1. The number of carbonyl (C=O) groups is 1. The average molecular weight is 512 g/mol. The van der Waals surface area contributed by atoms with E-state index in [0.717, 1.165) is 59.5 Å². The van der Waals surface area contributed by atoms with Crippen LogP contribution in [0.5, 0.6) is 11.5 Å². The molecule has 4 aromatic rings. The molecular formula is C30H33N5O3. The van der Waals surface area contributed by atoms with E-state index in [4.69, 9.17) is 9.47 Å². The number of nitrogens with one attached hydrogen (secondary N) is 2. The maximum Gasteiger partial charge on any atom is 0.244 e. The van der Waals surface area contributed by atoms with Gasteiger partial charge in [-0.3, -0.25) is 4.79 Å². The molecule has 2 aromatic heterocycles. The Morgan fingerprint density at radius 3 is 2.63 bits per heavy atom. The maximum atomic E-state index is 12.5. The van der Waals surface area contributed by atoms with Crippen LogP contribution in [0.25, 0.3) is 28.2 Å². The second-order valence-electron chi connectivity index (χ2n) is 9.45. The summed E-state index contributed by atoms with van der Waals surface area (Å²) in [4.78, 5) is 25.2. The number of fused-ring (bicyclic) bond motifs is 1. The van der Waals surface area contributed by atoms with Crippen molar-refractivity contribution in [3.8, 4) is 22.6 Å². The van der Waals surface area contributed by atoms with E-state index < -0.39 is 0 Å². The number of pyridine rings is 1. The second kappa shape index (κ2) is 11.4. The quantitative estimate of drug-likeness (QED) is 0.343. The molecule has 1 saturated heterocycles. The zero-order valence-corrected chi connectivity index (χ0v) is 22.0. The highest BCUT2D eigenvalue weighted by molar-refractivity contribution is 5.96. The average Bonchev–Trinajstić information content (AvgIpc) is 3.37. The smallest absolute Gasteiger partial charge is 0.244 e. The molecule has 8 nitrogen and oxygen atoms in total. The fourth-order valence-electron chi connectivity index (χ4n) is 4.67. The molecule has 2 N–H and O–H groups in total. The molecule has 0 spiro atoms. The number of H-pyrrole nitrogens is 1. The van der Waals surface area contributed by atoms with Gasteiger partial charge in [0.1, 0.15) is 5.65 Å². The number of hydrogen-bond donors (Lipinski definition) is 2. The first kappa shape index (κ1) is 25.4. The zero-order valence-electron chi connectivity index (χ0n) is 22.0. The van der Waals surface area contributed by atoms with Crippen molar-refractivity contribution in [3.05, 3.63) is 78.1 Å². The zero-order chi connectivity index (χ0) is 26.5. The Morgan fingerprint density at radius 1 is 1.03 bits per heavy atom. The van der Waals surface area contributed by atoms with Gasteiger partial charge in [-0.1, -0.05) is 18.2 Å². The van der Waals surface area contributed by atoms with Crippen LogP contribution in [0.4, 0.5) is 5.69 Å². The van der Waals surface area contributed by atoms with Gasteiger partial charge in [-0.05, 0) is 54.6 Å². The third-order valence-corrected chi connectivity index (χ3v) is 6.94. The summed E-state index contributed by atoms with van der Waals surface area (Å²) in [5, 5.41) is 3.89. The summed E-state index contributed by atoms with van der Waals surface area (Å²) in [5.41, 5.74) is 6.01. The lowest BCUT2D eigenvalue weighted by atomic mass is 10.0. The van der Waals surface area contributed by atoms with Crippen LogP contribution in [-0.2, 0) is 11.3 Å². The van der Waals surface area contributed by atoms with Crippen LogP contribution in [-0.4, -0.2) is 68.2 Å². The van der Waals surface area contributed by atoms with E-state index in [1.807, 2.05) is 36.7 Å². The summed E-state index contributed by atoms with van der Waals surface area (Å²) in [5.74, 6) is 1.10. The number of methoxy groups -OCH3 is 2. The molecule has 0 bridgehead atoms. The van der Waals surface area contributed by atoms with Gasteiger partial charge in [-0.15, -0.1) is 0 Å². The molecule has 1 amide bonds. The van der Waals surface area contributed by atoms with Crippen LogP contribution in [0.3, 0.4) is 0 Å². The summed E-state index contributed by atoms with van der Waals surface area (Å²) in [6, 6.07) is 16.3. The second-order valence-corrected chi connectivity index (χ2v) is 9.45. The SMILES string of the molecule is COc1ccc(CNC(=O)/C=C/c2c[nH]c3ncc(-c4cccc(N5CCN(C)CC5)c4)cc23)cc1OC. The first-order valence-corrected chi connectivity index (χ1v) is 12.7. The number of likely N-dealkylation sites (N-methyl/N-ethyl adjacent to an activating group) is 1. The van der Waals surface area contributed by atoms with Gasteiger partial charge in [0, 0.05) is 73.4 Å². The molecule has 8 heteroatoms. The lowest BCUT2D eigenvalue weighted by molar-refractivity contribution is -0.116.